The number of hydrogen-bond acceptors (Lipinski definition) is 9. The predicted molar refractivity (Wildman–Crippen MR) is 254 cm³/mol. The number of benzene rings is 3. The van der Waals surface area contributed by atoms with Crippen LogP contribution in [0, 0.1) is 17.8 Å². The molecule has 0 aromatic heterocycles. The van der Waals surface area contributed by atoms with Crippen LogP contribution in [-0.4, -0.2) is 121 Å². The van der Waals surface area contributed by atoms with Crippen LogP contribution in [0.4, 0.5) is 4.79 Å². The first-order chi connectivity index (χ1) is 31.4. The van der Waals surface area contributed by atoms with Crippen molar-refractivity contribution in [2.75, 3.05) is 34.4 Å². The minimum atomic E-state index is -1.45. The van der Waals surface area contributed by atoms with Crippen molar-refractivity contribution in [3.05, 3.63) is 95.6 Å². The number of ether oxygens (including phenoxy) is 3. The number of amides is 5. The van der Waals surface area contributed by atoms with Gasteiger partial charge in [0, 0.05) is 33.7 Å². The van der Waals surface area contributed by atoms with Crippen molar-refractivity contribution in [2.45, 2.75) is 135 Å². The Hall–Kier alpha value is -5.31. The molecule has 0 bridgehead atoms. The second kappa shape index (κ2) is 22.9. The fourth-order valence-electron chi connectivity index (χ4n) is 9.68. The van der Waals surface area contributed by atoms with E-state index in [0.29, 0.717) is 24.9 Å². The quantitative estimate of drug-likeness (QED) is 0.0918. The van der Waals surface area contributed by atoms with Crippen LogP contribution < -0.4 is 16.0 Å². The monoisotopic (exact) mass is 912 g/mol. The van der Waals surface area contributed by atoms with E-state index < -0.39 is 59.9 Å². The lowest BCUT2D eigenvalue weighted by molar-refractivity contribution is -0.148. The number of carbonyl (C=O) groups is 5. The number of likely N-dealkylation sites (tertiary alicyclic amines) is 1. The number of likely N-dealkylation sites (N-methyl/N-ethyl adjacent to an activating group) is 1. The number of aliphatic hydroxyl groups is 1. The van der Waals surface area contributed by atoms with Gasteiger partial charge >= 0.3 is 6.09 Å². The van der Waals surface area contributed by atoms with E-state index in [9.17, 15) is 29.1 Å². The van der Waals surface area contributed by atoms with Crippen LogP contribution in [0.1, 0.15) is 110 Å². The first-order valence-electron chi connectivity index (χ1n) is 23.5. The minimum absolute atomic E-state index is 0.0350. The van der Waals surface area contributed by atoms with Crippen LogP contribution in [0.15, 0.2) is 78.9 Å². The van der Waals surface area contributed by atoms with Crippen molar-refractivity contribution in [2.24, 2.45) is 17.8 Å². The average molecular weight is 912 g/mol. The standard InChI is InChI=1S/C52H73N5O9/c1-12-32(4)45(42(64-10)29-43(58)57-28-20-27-41(57)47(65-11)33(5)48(60)53-34(6)46(59)35-21-14-13-15-22-35)56(9)49(61)44(31(2)3)54-50(62)52(7,8)55-51(63)66-30-40-38-25-18-16-23-36(38)37-24-17-19-26-39(37)40/h13-19,21-26,31-34,40-42,44-47,59H,12,20,27-30H2,1-11H3,(H,53,60)(H,54,62)(H,55,63)/t32-,33+,34+,41-,42+,44-,45-,46+,47+/m0/s1. The van der Waals surface area contributed by atoms with Gasteiger partial charge in [-0.1, -0.05) is 120 Å². The lowest BCUT2D eigenvalue weighted by atomic mass is 9.89. The van der Waals surface area contributed by atoms with Gasteiger partial charge in [0.15, 0.2) is 0 Å². The van der Waals surface area contributed by atoms with Crippen molar-refractivity contribution in [1.82, 2.24) is 25.8 Å². The van der Waals surface area contributed by atoms with Crippen LogP contribution in [0.2, 0.25) is 0 Å². The zero-order chi connectivity index (χ0) is 48.5. The molecular formula is C52H73N5O9. The molecule has 14 heteroatoms. The van der Waals surface area contributed by atoms with Gasteiger partial charge in [-0.2, -0.15) is 0 Å². The molecule has 4 N–H and O–H groups in total. The van der Waals surface area contributed by atoms with Gasteiger partial charge in [-0.25, -0.2) is 4.79 Å². The van der Waals surface area contributed by atoms with Crippen molar-refractivity contribution in [3.63, 3.8) is 0 Å². The van der Waals surface area contributed by atoms with E-state index in [4.69, 9.17) is 14.2 Å². The fourth-order valence-corrected chi connectivity index (χ4v) is 9.68. The summed E-state index contributed by atoms with van der Waals surface area (Å²) in [5.41, 5.74) is 3.59. The third kappa shape index (κ3) is 11.8. The molecule has 2 aliphatic rings. The maximum Gasteiger partial charge on any atom is 0.408 e. The van der Waals surface area contributed by atoms with Gasteiger partial charge in [-0.3, -0.25) is 19.2 Å². The van der Waals surface area contributed by atoms with Crippen LogP contribution in [0.5, 0.6) is 0 Å². The summed E-state index contributed by atoms with van der Waals surface area (Å²) in [6.45, 7) is 14.9. The Morgan fingerprint density at radius 3 is 2.00 bits per heavy atom. The van der Waals surface area contributed by atoms with Gasteiger partial charge in [-0.05, 0) is 73.3 Å². The molecule has 5 rings (SSSR count). The molecule has 360 valence electrons. The summed E-state index contributed by atoms with van der Waals surface area (Å²) in [5.74, 6) is -2.64. The minimum Gasteiger partial charge on any atom is -0.449 e. The zero-order valence-corrected chi connectivity index (χ0v) is 40.7. The maximum absolute atomic E-state index is 14.5. The predicted octanol–water partition coefficient (Wildman–Crippen LogP) is 6.60. The number of nitrogens with one attached hydrogen (secondary N) is 3. The Balaban J connectivity index is 1.22. The van der Waals surface area contributed by atoms with Crippen LogP contribution >= 0.6 is 0 Å². The highest BCUT2D eigenvalue weighted by molar-refractivity contribution is 5.94. The van der Waals surface area contributed by atoms with E-state index in [1.165, 1.54) is 14.2 Å². The number of methoxy groups -OCH3 is 2. The fraction of sp³-hybridized carbons (Fsp3) is 0.558. The number of rotatable bonds is 21. The second-order valence-corrected chi connectivity index (χ2v) is 19.0. The molecular weight excluding hydrogens is 839 g/mol. The Morgan fingerprint density at radius 2 is 1.44 bits per heavy atom. The summed E-state index contributed by atoms with van der Waals surface area (Å²) in [5, 5.41) is 19.5. The van der Waals surface area contributed by atoms with Crippen molar-refractivity contribution in [1.29, 1.82) is 0 Å². The van der Waals surface area contributed by atoms with E-state index in [1.54, 1.807) is 44.5 Å². The lowest BCUT2D eigenvalue weighted by Gasteiger charge is -2.41. The molecule has 1 saturated heterocycles. The topological polar surface area (TPSA) is 176 Å². The molecule has 9 atom stereocenters. The number of nitrogens with zero attached hydrogens (tertiary/aromatic N) is 2. The molecule has 14 nitrogen and oxygen atoms in total. The summed E-state index contributed by atoms with van der Waals surface area (Å²) in [6.07, 6.45) is -0.987. The summed E-state index contributed by atoms with van der Waals surface area (Å²) in [6, 6.07) is 22.7. The second-order valence-electron chi connectivity index (χ2n) is 19.0. The van der Waals surface area contributed by atoms with E-state index in [2.05, 4.69) is 28.1 Å². The van der Waals surface area contributed by atoms with Gasteiger partial charge in [0.1, 0.15) is 18.2 Å². The van der Waals surface area contributed by atoms with Gasteiger partial charge in [0.2, 0.25) is 23.6 Å². The van der Waals surface area contributed by atoms with Gasteiger partial charge in [0.25, 0.3) is 0 Å². The van der Waals surface area contributed by atoms with Gasteiger partial charge in [0.05, 0.1) is 48.8 Å². The maximum atomic E-state index is 14.5. The highest BCUT2D eigenvalue weighted by atomic mass is 16.5. The Morgan fingerprint density at radius 1 is 0.848 bits per heavy atom. The molecule has 1 heterocycles. The van der Waals surface area contributed by atoms with Crippen molar-refractivity contribution >= 4 is 29.7 Å². The molecule has 1 fully saturated rings. The normalized spacial score (nSPS) is 18.4. The molecule has 5 amide bonds. The third-order valence-corrected chi connectivity index (χ3v) is 13.8. The molecule has 1 aliphatic heterocycles. The van der Waals surface area contributed by atoms with Crippen molar-refractivity contribution < 1.29 is 43.3 Å². The largest absolute Gasteiger partial charge is 0.449 e. The lowest BCUT2D eigenvalue weighted by Crippen LogP contribution is -2.62. The Bertz CT molecular complexity index is 2090. The van der Waals surface area contributed by atoms with E-state index in [-0.39, 0.29) is 54.5 Å². The summed E-state index contributed by atoms with van der Waals surface area (Å²) >= 11 is 0. The number of fused-ring (bicyclic) bond motifs is 3. The molecule has 0 spiro atoms. The first kappa shape index (κ1) is 51.7. The highest BCUT2D eigenvalue weighted by Gasteiger charge is 2.44. The molecule has 3 aromatic rings. The van der Waals surface area contributed by atoms with Crippen LogP contribution in [0.3, 0.4) is 0 Å². The molecule has 3 aromatic carbocycles. The van der Waals surface area contributed by atoms with Gasteiger partial charge < -0.3 is 45.1 Å². The molecule has 0 radical (unpaired) electrons. The van der Waals surface area contributed by atoms with E-state index in [1.807, 2.05) is 94.4 Å². The molecule has 0 unspecified atom stereocenters. The summed E-state index contributed by atoms with van der Waals surface area (Å²) < 4.78 is 17.7. The van der Waals surface area contributed by atoms with E-state index >= 15 is 0 Å². The first-order valence-corrected chi connectivity index (χ1v) is 23.5. The highest BCUT2D eigenvalue weighted by Crippen LogP contribution is 2.44. The Kier molecular flexibility index (Phi) is 18.0. The summed E-state index contributed by atoms with van der Waals surface area (Å²) in [7, 11) is 4.74. The van der Waals surface area contributed by atoms with E-state index in [0.717, 1.165) is 28.7 Å². The summed E-state index contributed by atoms with van der Waals surface area (Å²) in [4.78, 5) is 73.0. The number of carbonyl (C=O) groups excluding carboxylic acids is 5. The molecule has 66 heavy (non-hydrogen) atoms. The zero-order valence-electron chi connectivity index (χ0n) is 40.7. The number of aliphatic hydroxyl groups excluding tert-OH is 1. The average Bonchev–Trinajstić information content (AvgIpc) is 3.92. The smallest absolute Gasteiger partial charge is 0.408 e. The van der Waals surface area contributed by atoms with Crippen molar-refractivity contribution in [3.8, 4) is 11.1 Å². The molecule has 1 aliphatic carbocycles. The Labute approximate surface area is 391 Å². The number of hydrogen-bond donors (Lipinski definition) is 4. The third-order valence-electron chi connectivity index (χ3n) is 13.8. The molecule has 0 saturated carbocycles. The number of alkyl carbamates (subject to hydrolysis) is 1. The SMILES string of the molecule is CC[C@H](C)[C@@H]([C@@H](CC(=O)N1CCC[C@H]1[C@H](OC)[C@@H](C)C(=O)N[C@H](C)[C@@H](O)c1ccccc1)OC)N(C)C(=O)[C@@H](NC(=O)C(C)(C)NC(=O)OCC1c2ccccc2-c2ccccc21)C(C)C. The van der Waals surface area contributed by atoms with Gasteiger partial charge in [-0.15, -0.1) is 0 Å². The van der Waals surface area contributed by atoms with Crippen LogP contribution in [-0.2, 0) is 33.4 Å². The van der Waals surface area contributed by atoms with Crippen LogP contribution in [0.25, 0.3) is 11.1 Å².